The number of aryl methyl sites for hydroxylation is 1. The van der Waals surface area contributed by atoms with E-state index in [0.717, 1.165) is 14.8 Å². The maximum Gasteiger partial charge on any atom is 0.319 e. The van der Waals surface area contributed by atoms with Gasteiger partial charge in [0.25, 0.3) is 0 Å². The topological polar surface area (TPSA) is 41.1 Å². The molecule has 0 spiro atoms. The highest BCUT2D eigenvalue weighted by atomic mass is 127. The molecule has 19 heavy (non-hydrogen) atoms. The van der Waals surface area contributed by atoms with E-state index in [1.165, 1.54) is 5.56 Å². The molecule has 0 saturated carbocycles. The quantitative estimate of drug-likeness (QED) is 0.795. The molecule has 2 rings (SSSR count). The Labute approximate surface area is 126 Å². The normalized spacial score (nSPS) is 10.0. The van der Waals surface area contributed by atoms with Crippen LogP contribution in [0.5, 0.6) is 0 Å². The Hall–Kier alpha value is -1.56. The summed E-state index contributed by atoms with van der Waals surface area (Å²) in [7, 11) is 0. The van der Waals surface area contributed by atoms with Crippen molar-refractivity contribution >= 4 is 34.3 Å². The highest BCUT2D eigenvalue weighted by molar-refractivity contribution is 14.1. The van der Waals surface area contributed by atoms with Gasteiger partial charge in [-0.2, -0.15) is 0 Å². The molecule has 0 unspecified atom stereocenters. The van der Waals surface area contributed by atoms with E-state index in [-0.39, 0.29) is 6.03 Å². The second-order valence-electron chi connectivity index (χ2n) is 4.21. The van der Waals surface area contributed by atoms with Gasteiger partial charge >= 0.3 is 6.03 Å². The van der Waals surface area contributed by atoms with Crippen molar-refractivity contribution < 1.29 is 4.79 Å². The number of urea groups is 1. The number of benzene rings is 2. The van der Waals surface area contributed by atoms with Gasteiger partial charge in [-0.1, -0.05) is 36.4 Å². The van der Waals surface area contributed by atoms with E-state index in [9.17, 15) is 4.79 Å². The lowest BCUT2D eigenvalue weighted by Gasteiger charge is -2.10. The molecule has 0 aliphatic rings. The molecule has 4 heteroatoms. The lowest BCUT2D eigenvalue weighted by molar-refractivity contribution is 0.251. The fraction of sp³-hybridized carbons (Fsp3) is 0.133. The van der Waals surface area contributed by atoms with Crippen LogP contribution in [-0.2, 0) is 6.54 Å². The smallest absolute Gasteiger partial charge is 0.319 e. The van der Waals surface area contributed by atoms with E-state index in [1.807, 2.05) is 55.5 Å². The molecule has 0 atom stereocenters. The van der Waals surface area contributed by atoms with Crippen LogP contribution in [0.4, 0.5) is 10.5 Å². The molecule has 0 heterocycles. The standard InChI is InChI=1S/C15H15IN2O/c1-11-6-2-3-7-12(11)10-17-15(19)18-14-9-5-4-8-13(14)16/h2-9H,10H2,1H3,(H2,17,18,19). The van der Waals surface area contributed by atoms with Crippen LogP contribution in [0.2, 0.25) is 0 Å². The summed E-state index contributed by atoms with van der Waals surface area (Å²) in [5.74, 6) is 0. The summed E-state index contributed by atoms with van der Waals surface area (Å²) >= 11 is 2.20. The minimum Gasteiger partial charge on any atom is -0.334 e. The third-order valence-electron chi connectivity index (χ3n) is 2.82. The minimum absolute atomic E-state index is 0.188. The van der Waals surface area contributed by atoms with Gasteiger partial charge in [0.1, 0.15) is 0 Å². The summed E-state index contributed by atoms with van der Waals surface area (Å²) in [6, 6.07) is 15.5. The van der Waals surface area contributed by atoms with E-state index in [4.69, 9.17) is 0 Å². The molecule has 0 aromatic heterocycles. The van der Waals surface area contributed by atoms with Crippen molar-refractivity contribution in [3.63, 3.8) is 0 Å². The summed E-state index contributed by atoms with van der Waals surface area (Å²) in [5, 5.41) is 5.70. The molecule has 3 nitrogen and oxygen atoms in total. The highest BCUT2D eigenvalue weighted by Gasteiger charge is 2.04. The lowest BCUT2D eigenvalue weighted by Crippen LogP contribution is -2.28. The Morgan fingerprint density at radius 1 is 1.11 bits per heavy atom. The fourth-order valence-corrected chi connectivity index (χ4v) is 2.24. The highest BCUT2D eigenvalue weighted by Crippen LogP contribution is 2.16. The second-order valence-corrected chi connectivity index (χ2v) is 5.38. The number of hydrogen-bond donors (Lipinski definition) is 2. The van der Waals surface area contributed by atoms with Crippen molar-refractivity contribution in [1.82, 2.24) is 5.32 Å². The summed E-state index contributed by atoms with van der Waals surface area (Å²) < 4.78 is 1.02. The first kappa shape index (κ1) is 13.9. The maximum atomic E-state index is 11.8. The Morgan fingerprint density at radius 2 is 1.79 bits per heavy atom. The van der Waals surface area contributed by atoms with Gasteiger partial charge in [-0.05, 0) is 52.8 Å². The molecule has 2 aromatic rings. The van der Waals surface area contributed by atoms with Crippen molar-refractivity contribution in [2.24, 2.45) is 0 Å². The number of amides is 2. The number of carbonyl (C=O) groups is 1. The molecule has 2 N–H and O–H groups in total. The number of nitrogens with one attached hydrogen (secondary N) is 2. The molecule has 98 valence electrons. The molecule has 0 fully saturated rings. The average molecular weight is 366 g/mol. The first-order chi connectivity index (χ1) is 9.16. The Kier molecular flexibility index (Phi) is 4.79. The zero-order valence-corrected chi connectivity index (χ0v) is 12.8. The molecule has 0 aliphatic heterocycles. The van der Waals surface area contributed by atoms with Crippen LogP contribution in [0.15, 0.2) is 48.5 Å². The Morgan fingerprint density at radius 3 is 2.53 bits per heavy atom. The molecular formula is C15H15IN2O. The summed E-state index contributed by atoms with van der Waals surface area (Å²) in [6.45, 7) is 2.57. The van der Waals surface area contributed by atoms with E-state index < -0.39 is 0 Å². The van der Waals surface area contributed by atoms with E-state index >= 15 is 0 Å². The van der Waals surface area contributed by atoms with Gasteiger partial charge in [0, 0.05) is 10.1 Å². The maximum absolute atomic E-state index is 11.8. The lowest BCUT2D eigenvalue weighted by atomic mass is 10.1. The third kappa shape index (κ3) is 3.96. The van der Waals surface area contributed by atoms with Gasteiger partial charge < -0.3 is 10.6 Å². The number of rotatable bonds is 3. The Balaban J connectivity index is 1.92. The number of para-hydroxylation sites is 1. The van der Waals surface area contributed by atoms with Gasteiger partial charge in [0.05, 0.1) is 5.69 Å². The average Bonchev–Trinajstić information content (AvgIpc) is 2.40. The second kappa shape index (κ2) is 6.56. The van der Waals surface area contributed by atoms with Crippen LogP contribution in [0.25, 0.3) is 0 Å². The fourth-order valence-electron chi connectivity index (χ4n) is 1.71. The first-order valence-corrected chi connectivity index (χ1v) is 7.08. The molecule has 2 amide bonds. The first-order valence-electron chi connectivity index (χ1n) is 6.00. The predicted molar refractivity (Wildman–Crippen MR) is 86.2 cm³/mol. The van der Waals surface area contributed by atoms with Gasteiger partial charge in [-0.25, -0.2) is 4.79 Å². The zero-order chi connectivity index (χ0) is 13.7. The van der Waals surface area contributed by atoms with Gasteiger partial charge in [-0.15, -0.1) is 0 Å². The predicted octanol–water partition coefficient (Wildman–Crippen LogP) is 3.92. The number of halogens is 1. The van der Waals surface area contributed by atoms with Gasteiger partial charge in [0.15, 0.2) is 0 Å². The van der Waals surface area contributed by atoms with Crippen molar-refractivity contribution in [2.75, 3.05) is 5.32 Å². The molecular weight excluding hydrogens is 351 g/mol. The van der Waals surface area contributed by atoms with Crippen LogP contribution in [0, 0.1) is 10.5 Å². The van der Waals surface area contributed by atoms with Crippen molar-refractivity contribution in [3.05, 3.63) is 63.2 Å². The summed E-state index contributed by atoms with van der Waals surface area (Å²) in [6.07, 6.45) is 0. The van der Waals surface area contributed by atoms with Crippen molar-refractivity contribution in [3.8, 4) is 0 Å². The largest absolute Gasteiger partial charge is 0.334 e. The zero-order valence-electron chi connectivity index (χ0n) is 10.6. The molecule has 2 aromatic carbocycles. The van der Waals surface area contributed by atoms with Crippen LogP contribution < -0.4 is 10.6 Å². The minimum atomic E-state index is -0.188. The van der Waals surface area contributed by atoms with Crippen molar-refractivity contribution in [1.29, 1.82) is 0 Å². The van der Waals surface area contributed by atoms with Gasteiger partial charge in [-0.3, -0.25) is 0 Å². The Bertz CT molecular complexity index is 584. The van der Waals surface area contributed by atoms with Crippen LogP contribution in [-0.4, -0.2) is 6.03 Å². The van der Waals surface area contributed by atoms with E-state index in [1.54, 1.807) is 0 Å². The summed E-state index contributed by atoms with van der Waals surface area (Å²) in [4.78, 5) is 11.8. The van der Waals surface area contributed by atoms with E-state index in [0.29, 0.717) is 6.54 Å². The van der Waals surface area contributed by atoms with Gasteiger partial charge in [0.2, 0.25) is 0 Å². The van der Waals surface area contributed by atoms with Crippen LogP contribution in [0.1, 0.15) is 11.1 Å². The van der Waals surface area contributed by atoms with Crippen molar-refractivity contribution in [2.45, 2.75) is 13.5 Å². The SMILES string of the molecule is Cc1ccccc1CNC(=O)Nc1ccccc1I. The third-order valence-corrected chi connectivity index (χ3v) is 3.76. The molecule has 0 aliphatic carbocycles. The molecule has 0 radical (unpaired) electrons. The van der Waals surface area contributed by atoms with E-state index in [2.05, 4.69) is 33.2 Å². The molecule has 0 saturated heterocycles. The van der Waals surface area contributed by atoms with Crippen LogP contribution >= 0.6 is 22.6 Å². The monoisotopic (exact) mass is 366 g/mol. The number of anilines is 1. The summed E-state index contributed by atoms with van der Waals surface area (Å²) in [5.41, 5.74) is 3.13. The number of hydrogen-bond acceptors (Lipinski definition) is 1. The molecule has 0 bridgehead atoms. The number of carbonyl (C=O) groups excluding carboxylic acids is 1. The van der Waals surface area contributed by atoms with Crippen LogP contribution in [0.3, 0.4) is 0 Å².